The maximum atomic E-state index is 12.2. The summed E-state index contributed by atoms with van der Waals surface area (Å²) in [5, 5.41) is 3.00. The maximum Gasteiger partial charge on any atom is 0.226 e. The second-order valence-corrected chi connectivity index (χ2v) is 5.62. The summed E-state index contributed by atoms with van der Waals surface area (Å²) in [7, 11) is 0. The molecule has 1 N–H and O–H groups in total. The molecule has 0 heterocycles. The molecule has 0 aliphatic rings. The predicted octanol–water partition coefficient (Wildman–Crippen LogP) is 3.53. The van der Waals surface area contributed by atoms with Crippen molar-refractivity contribution in [3.8, 4) is 0 Å². The number of rotatable bonds is 8. The number of anilines is 1. The van der Waals surface area contributed by atoms with Crippen LogP contribution in [0.1, 0.15) is 51.2 Å². The lowest BCUT2D eigenvalue weighted by Crippen LogP contribution is -2.33. The molecule has 0 bridgehead atoms. The summed E-state index contributed by atoms with van der Waals surface area (Å²) < 4.78 is 0. The molecule has 122 valence electrons. The van der Waals surface area contributed by atoms with Gasteiger partial charge in [0.15, 0.2) is 0 Å². The molecule has 4 heteroatoms. The van der Waals surface area contributed by atoms with Gasteiger partial charge in [-0.15, -0.1) is 0 Å². The molecule has 4 nitrogen and oxygen atoms in total. The van der Waals surface area contributed by atoms with Gasteiger partial charge in [0.05, 0.1) is 0 Å². The second-order valence-electron chi connectivity index (χ2n) is 5.62. The zero-order valence-electron chi connectivity index (χ0n) is 14.2. The van der Waals surface area contributed by atoms with Gasteiger partial charge in [-0.05, 0) is 30.9 Å². The summed E-state index contributed by atoms with van der Waals surface area (Å²) in [5.74, 6) is -0.00172. The van der Waals surface area contributed by atoms with Gasteiger partial charge in [-0.1, -0.05) is 38.5 Å². The van der Waals surface area contributed by atoms with Crippen LogP contribution in [0, 0.1) is 6.92 Å². The number of unbranched alkanes of at least 4 members (excludes halogenated alkanes) is 1. The maximum absolute atomic E-state index is 12.2. The van der Waals surface area contributed by atoms with E-state index in [4.69, 9.17) is 0 Å². The van der Waals surface area contributed by atoms with Gasteiger partial charge in [0.2, 0.25) is 11.8 Å². The van der Waals surface area contributed by atoms with E-state index in [0.717, 1.165) is 42.6 Å². The largest absolute Gasteiger partial charge is 0.342 e. The van der Waals surface area contributed by atoms with Crippen LogP contribution in [0.15, 0.2) is 18.2 Å². The number of hydrogen-bond donors (Lipinski definition) is 1. The molecule has 2 amide bonds. The molecule has 0 aromatic heterocycles. The fourth-order valence-electron chi connectivity index (χ4n) is 2.42. The van der Waals surface area contributed by atoms with Crippen molar-refractivity contribution in [1.29, 1.82) is 0 Å². The number of hydrogen-bond acceptors (Lipinski definition) is 2. The van der Waals surface area contributed by atoms with Crippen LogP contribution in [0.3, 0.4) is 0 Å². The molecule has 22 heavy (non-hydrogen) atoms. The average molecular weight is 304 g/mol. The summed E-state index contributed by atoms with van der Waals surface area (Å²) in [6.45, 7) is 8.93. The zero-order chi connectivity index (χ0) is 16.5. The van der Waals surface area contributed by atoms with Crippen LogP contribution in [0.4, 0.5) is 5.69 Å². The Kier molecular flexibility index (Phi) is 7.64. The number of carbonyl (C=O) groups is 2. The van der Waals surface area contributed by atoms with Crippen molar-refractivity contribution in [2.24, 2.45) is 0 Å². The van der Waals surface area contributed by atoms with E-state index in [1.54, 1.807) is 11.8 Å². The Morgan fingerprint density at radius 1 is 1.18 bits per heavy atom. The molecule has 1 aromatic carbocycles. The van der Waals surface area contributed by atoms with Gasteiger partial charge in [-0.3, -0.25) is 9.59 Å². The molecule has 0 fully saturated rings. The first-order valence-corrected chi connectivity index (χ1v) is 8.13. The number of nitrogens with zero attached hydrogens (tertiary/aromatic N) is 1. The van der Waals surface area contributed by atoms with Crippen LogP contribution in [-0.2, 0) is 16.0 Å². The molecule has 1 aromatic rings. The highest BCUT2D eigenvalue weighted by Gasteiger charge is 2.12. The molecular weight excluding hydrogens is 276 g/mol. The van der Waals surface area contributed by atoms with Crippen LogP contribution in [0.5, 0.6) is 0 Å². The zero-order valence-corrected chi connectivity index (χ0v) is 14.2. The molecular formula is C18H28N2O2. The minimum atomic E-state index is -0.0354. The minimum Gasteiger partial charge on any atom is -0.342 e. The number of nitrogens with one attached hydrogen (secondary N) is 1. The summed E-state index contributed by atoms with van der Waals surface area (Å²) in [5.41, 5.74) is 3.13. The Labute approximate surface area is 133 Å². The number of para-hydroxylation sites is 1. The van der Waals surface area contributed by atoms with Crippen molar-refractivity contribution in [3.05, 3.63) is 29.3 Å². The average Bonchev–Trinajstić information content (AvgIpc) is 2.49. The van der Waals surface area contributed by atoms with Crippen LogP contribution in [0.25, 0.3) is 0 Å². The second kappa shape index (κ2) is 9.23. The number of aryl methyl sites for hydroxylation is 2. The fraction of sp³-hybridized carbons (Fsp3) is 0.556. The number of benzene rings is 1. The predicted molar refractivity (Wildman–Crippen MR) is 91.0 cm³/mol. The minimum absolute atomic E-state index is 0.0337. The first-order valence-electron chi connectivity index (χ1n) is 8.13. The Bertz CT molecular complexity index is 512. The fourth-order valence-corrected chi connectivity index (χ4v) is 2.42. The van der Waals surface area contributed by atoms with Crippen molar-refractivity contribution >= 4 is 17.5 Å². The summed E-state index contributed by atoms with van der Waals surface area (Å²) in [6.07, 6.45) is 3.23. The van der Waals surface area contributed by atoms with Gasteiger partial charge < -0.3 is 10.2 Å². The molecule has 0 atom stereocenters. The lowest BCUT2D eigenvalue weighted by atomic mass is 10.1. The van der Waals surface area contributed by atoms with Crippen molar-refractivity contribution in [1.82, 2.24) is 4.90 Å². The van der Waals surface area contributed by atoms with Gasteiger partial charge in [0, 0.05) is 32.1 Å². The third-order valence-corrected chi connectivity index (χ3v) is 3.84. The highest BCUT2D eigenvalue weighted by Crippen LogP contribution is 2.21. The third kappa shape index (κ3) is 5.51. The molecule has 0 spiro atoms. The van der Waals surface area contributed by atoms with Gasteiger partial charge in [-0.2, -0.15) is 0 Å². The smallest absolute Gasteiger partial charge is 0.226 e. The van der Waals surface area contributed by atoms with Gasteiger partial charge in [-0.25, -0.2) is 0 Å². The highest BCUT2D eigenvalue weighted by atomic mass is 16.2. The summed E-state index contributed by atoms with van der Waals surface area (Å²) in [4.78, 5) is 25.5. The third-order valence-electron chi connectivity index (χ3n) is 3.84. The quantitative estimate of drug-likeness (QED) is 0.798. The Morgan fingerprint density at radius 2 is 1.91 bits per heavy atom. The molecule has 0 saturated carbocycles. The standard InChI is InChI=1S/C18H28N2O2/c1-5-7-12-20(15(4)21)13-11-17(22)19-18-14(3)9-8-10-16(18)6-2/h8-10H,5-7,11-13H2,1-4H3,(H,19,22). The van der Waals surface area contributed by atoms with E-state index in [-0.39, 0.29) is 11.8 Å². The topological polar surface area (TPSA) is 49.4 Å². The van der Waals surface area contributed by atoms with Crippen LogP contribution < -0.4 is 5.32 Å². The molecule has 0 radical (unpaired) electrons. The van der Waals surface area contributed by atoms with Gasteiger partial charge in [0.1, 0.15) is 0 Å². The van der Waals surface area contributed by atoms with E-state index in [1.165, 1.54) is 0 Å². The molecule has 0 aliphatic heterocycles. The Balaban J connectivity index is 2.61. The van der Waals surface area contributed by atoms with Crippen LogP contribution >= 0.6 is 0 Å². The van der Waals surface area contributed by atoms with E-state index in [9.17, 15) is 9.59 Å². The normalized spacial score (nSPS) is 10.4. The number of amides is 2. The van der Waals surface area contributed by atoms with Crippen LogP contribution in [0.2, 0.25) is 0 Å². The lowest BCUT2D eigenvalue weighted by Gasteiger charge is -2.21. The molecule has 0 unspecified atom stereocenters. The SMILES string of the molecule is CCCCN(CCC(=O)Nc1c(C)cccc1CC)C(C)=O. The first-order chi connectivity index (χ1) is 10.5. The van der Waals surface area contributed by atoms with E-state index in [2.05, 4.69) is 19.2 Å². The van der Waals surface area contributed by atoms with Gasteiger partial charge >= 0.3 is 0 Å². The first kappa shape index (κ1) is 18.2. The monoisotopic (exact) mass is 304 g/mol. The van der Waals surface area contributed by atoms with Crippen molar-refractivity contribution in [3.63, 3.8) is 0 Å². The molecule has 0 aliphatic carbocycles. The van der Waals surface area contributed by atoms with Crippen molar-refractivity contribution < 1.29 is 9.59 Å². The van der Waals surface area contributed by atoms with E-state index >= 15 is 0 Å². The van der Waals surface area contributed by atoms with E-state index in [1.807, 2.05) is 25.1 Å². The summed E-state index contributed by atoms with van der Waals surface area (Å²) >= 11 is 0. The highest BCUT2D eigenvalue weighted by molar-refractivity contribution is 5.92. The number of carbonyl (C=O) groups excluding carboxylic acids is 2. The van der Waals surface area contributed by atoms with E-state index < -0.39 is 0 Å². The molecule has 1 rings (SSSR count). The van der Waals surface area contributed by atoms with E-state index in [0.29, 0.717) is 13.0 Å². The lowest BCUT2D eigenvalue weighted by molar-refractivity contribution is -0.129. The van der Waals surface area contributed by atoms with Crippen molar-refractivity contribution in [2.75, 3.05) is 18.4 Å². The van der Waals surface area contributed by atoms with Crippen molar-refractivity contribution in [2.45, 2.75) is 53.4 Å². The Morgan fingerprint density at radius 3 is 2.50 bits per heavy atom. The summed E-state index contributed by atoms with van der Waals surface area (Å²) in [6, 6.07) is 6.04. The van der Waals surface area contributed by atoms with Gasteiger partial charge in [0.25, 0.3) is 0 Å². The molecule has 0 saturated heterocycles. The Hall–Kier alpha value is -1.84. The van der Waals surface area contributed by atoms with Crippen LogP contribution in [-0.4, -0.2) is 29.8 Å².